The predicted octanol–water partition coefficient (Wildman–Crippen LogP) is 2.65. The zero-order chi connectivity index (χ0) is 13.7. The lowest BCUT2D eigenvalue weighted by Crippen LogP contribution is -2.28. The Morgan fingerprint density at radius 3 is 3.05 bits per heavy atom. The third-order valence-electron chi connectivity index (χ3n) is 2.98. The van der Waals surface area contributed by atoms with Crippen molar-refractivity contribution in [3.63, 3.8) is 0 Å². The first-order valence-corrected chi connectivity index (χ1v) is 6.41. The van der Waals surface area contributed by atoms with E-state index in [1.54, 1.807) is 6.08 Å². The summed E-state index contributed by atoms with van der Waals surface area (Å²) >= 11 is 0. The minimum Gasteiger partial charge on any atom is -0.487 e. The Morgan fingerprint density at radius 1 is 1.53 bits per heavy atom. The lowest BCUT2D eigenvalue weighted by atomic mass is 10.1. The van der Waals surface area contributed by atoms with E-state index in [0.717, 1.165) is 36.7 Å². The second kappa shape index (κ2) is 6.38. The molecule has 1 atom stereocenters. The van der Waals surface area contributed by atoms with Crippen molar-refractivity contribution in [2.45, 2.75) is 25.9 Å². The molecular formula is C15H18O4. The summed E-state index contributed by atoms with van der Waals surface area (Å²) in [6.07, 6.45) is 4.70. The number of hydrogen-bond acceptors (Lipinski definition) is 3. The van der Waals surface area contributed by atoms with Crippen LogP contribution >= 0.6 is 0 Å². The Labute approximate surface area is 112 Å². The lowest BCUT2D eigenvalue weighted by molar-refractivity contribution is -0.131. The van der Waals surface area contributed by atoms with Crippen molar-refractivity contribution in [1.82, 2.24) is 0 Å². The van der Waals surface area contributed by atoms with Crippen LogP contribution in [0.15, 0.2) is 24.3 Å². The zero-order valence-corrected chi connectivity index (χ0v) is 11.0. The third kappa shape index (κ3) is 4.10. The van der Waals surface area contributed by atoms with Crippen molar-refractivity contribution in [3.8, 4) is 5.75 Å². The van der Waals surface area contributed by atoms with Crippen LogP contribution in [0.25, 0.3) is 6.08 Å². The minimum atomic E-state index is -0.964. The van der Waals surface area contributed by atoms with E-state index < -0.39 is 5.97 Å². The molecule has 0 aliphatic carbocycles. The summed E-state index contributed by atoms with van der Waals surface area (Å²) in [5.74, 6) is -0.257. The van der Waals surface area contributed by atoms with Crippen LogP contribution in [0, 0.1) is 6.92 Å². The van der Waals surface area contributed by atoms with Gasteiger partial charge in [0.2, 0.25) is 0 Å². The third-order valence-corrected chi connectivity index (χ3v) is 2.98. The van der Waals surface area contributed by atoms with E-state index in [2.05, 4.69) is 0 Å². The van der Waals surface area contributed by atoms with Crippen LogP contribution in [-0.2, 0) is 9.53 Å². The van der Waals surface area contributed by atoms with Crippen LogP contribution in [0.5, 0.6) is 5.75 Å². The van der Waals surface area contributed by atoms with Gasteiger partial charge in [-0.25, -0.2) is 4.79 Å². The van der Waals surface area contributed by atoms with Crippen LogP contribution in [0.3, 0.4) is 0 Å². The molecule has 1 N–H and O–H groups in total. The number of carbonyl (C=O) groups is 1. The molecule has 0 bridgehead atoms. The predicted molar refractivity (Wildman–Crippen MR) is 72.3 cm³/mol. The molecule has 1 aliphatic rings. The maximum absolute atomic E-state index is 10.6. The molecule has 0 aromatic heterocycles. The van der Waals surface area contributed by atoms with Gasteiger partial charge in [-0.3, -0.25) is 0 Å². The van der Waals surface area contributed by atoms with Crippen molar-refractivity contribution in [3.05, 3.63) is 35.4 Å². The molecule has 0 saturated carbocycles. The summed E-state index contributed by atoms with van der Waals surface area (Å²) in [6.45, 7) is 3.35. The second-order valence-corrected chi connectivity index (χ2v) is 4.67. The fourth-order valence-corrected chi connectivity index (χ4v) is 2.05. The smallest absolute Gasteiger partial charge is 0.328 e. The Kier molecular flexibility index (Phi) is 4.58. The van der Waals surface area contributed by atoms with Gasteiger partial charge in [0.15, 0.2) is 0 Å². The number of carboxylic acids is 1. The fourth-order valence-electron chi connectivity index (χ4n) is 2.05. The van der Waals surface area contributed by atoms with E-state index in [4.69, 9.17) is 14.6 Å². The molecule has 1 aromatic rings. The standard InChI is InChI=1S/C15H18O4/c1-11-4-6-14(12(9-11)5-7-15(16)17)19-13-3-2-8-18-10-13/h4-7,9,13H,2-3,8,10H2,1H3,(H,16,17)/b7-5+. The summed E-state index contributed by atoms with van der Waals surface area (Å²) < 4.78 is 11.3. The molecule has 102 valence electrons. The van der Waals surface area contributed by atoms with Gasteiger partial charge in [0.05, 0.1) is 6.61 Å². The molecule has 0 radical (unpaired) electrons. The molecule has 1 unspecified atom stereocenters. The second-order valence-electron chi connectivity index (χ2n) is 4.67. The van der Waals surface area contributed by atoms with E-state index >= 15 is 0 Å². The quantitative estimate of drug-likeness (QED) is 0.847. The van der Waals surface area contributed by atoms with Gasteiger partial charge in [0.25, 0.3) is 0 Å². The highest BCUT2D eigenvalue weighted by molar-refractivity contribution is 5.85. The van der Waals surface area contributed by atoms with Crippen LogP contribution in [0.4, 0.5) is 0 Å². The Morgan fingerprint density at radius 2 is 2.37 bits per heavy atom. The van der Waals surface area contributed by atoms with Gasteiger partial charge in [-0.05, 0) is 38.0 Å². The maximum Gasteiger partial charge on any atom is 0.328 e. The molecule has 1 aliphatic heterocycles. The summed E-state index contributed by atoms with van der Waals surface area (Å²) in [5.41, 5.74) is 1.85. The highest BCUT2D eigenvalue weighted by Crippen LogP contribution is 2.24. The highest BCUT2D eigenvalue weighted by Gasteiger charge is 2.16. The largest absolute Gasteiger partial charge is 0.487 e. The number of aliphatic carboxylic acids is 1. The van der Waals surface area contributed by atoms with Gasteiger partial charge >= 0.3 is 5.97 Å². The molecule has 1 saturated heterocycles. The van der Waals surface area contributed by atoms with Gasteiger partial charge < -0.3 is 14.6 Å². The topological polar surface area (TPSA) is 55.8 Å². The summed E-state index contributed by atoms with van der Waals surface area (Å²) in [4.78, 5) is 10.6. The summed E-state index contributed by atoms with van der Waals surface area (Å²) in [5, 5.41) is 8.71. The molecule has 1 aromatic carbocycles. The van der Waals surface area contributed by atoms with E-state index in [-0.39, 0.29) is 6.10 Å². The first-order chi connectivity index (χ1) is 9.15. The number of ether oxygens (including phenoxy) is 2. The first kappa shape index (κ1) is 13.6. The van der Waals surface area contributed by atoms with E-state index in [9.17, 15) is 4.79 Å². The Balaban J connectivity index is 2.15. The number of carboxylic acid groups (broad SMARTS) is 1. The Hall–Kier alpha value is -1.81. The number of hydrogen-bond donors (Lipinski definition) is 1. The number of aryl methyl sites for hydroxylation is 1. The molecule has 2 rings (SSSR count). The Bertz CT molecular complexity index is 473. The molecule has 4 heteroatoms. The van der Waals surface area contributed by atoms with Crippen LogP contribution in [0.1, 0.15) is 24.0 Å². The van der Waals surface area contributed by atoms with Crippen molar-refractivity contribution < 1.29 is 19.4 Å². The van der Waals surface area contributed by atoms with Gasteiger partial charge in [0.1, 0.15) is 11.9 Å². The van der Waals surface area contributed by atoms with Crippen molar-refractivity contribution >= 4 is 12.0 Å². The first-order valence-electron chi connectivity index (χ1n) is 6.41. The molecule has 19 heavy (non-hydrogen) atoms. The van der Waals surface area contributed by atoms with Gasteiger partial charge in [-0.1, -0.05) is 11.6 Å². The van der Waals surface area contributed by atoms with E-state index in [0.29, 0.717) is 12.4 Å². The molecular weight excluding hydrogens is 244 g/mol. The fraction of sp³-hybridized carbons (Fsp3) is 0.400. The van der Waals surface area contributed by atoms with Crippen LogP contribution in [-0.4, -0.2) is 30.4 Å². The molecule has 0 spiro atoms. The monoisotopic (exact) mass is 262 g/mol. The van der Waals surface area contributed by atoms with Crippen molar-refractivity contribution in [2.24, 2.45) is 0 Å². The lowest BCUT2D eigenvalue weighted by Gasteiger charge is -2.24. The minimum absolute atomic E-state index is 0.0495. The SMILES string of the molecule is Cc1ccc(OC2CCCOC2)c(/C=C/C(=O)O)c1. The summed E-state index contributed by atoms with van der Waals surface area (Å²) in [7, 11) is 0. The van der Waals surface area contributed by atoms with Crippen molar-refractivity contribution in [2.75, 3.05) is 13.2 Å². The van der Waals surface area contributed by atoms with E-state index in [1.807, 2.05) is 25.1 Å². The number of rotatable bonds is 4. The average molecular weight is 262 g/mol. The molecule has 4 nitrogen and oxygen atoms in total. The van der Waals surface area contributed by atoms with Crippen LogP contribution in [0.2, 0.25) is 0 Å². The van der Waals surface area contributed by atoms with Gasteiger partial charge in [-0.2, -0.15) is 0 Å². The molecule has 1 fully saturated rings. The average Bonchev–Trinajstić information content (AvgIpc) is 2.40. The number of benzene rings is 1. The maximum atomic E-state index is 10.6. The van der Waals surface area contributed by atoms with Gasteiger partial charge in [-0.15, -0.1) is 0 Å². The zero-order valence-electron chi connectivity index (χ0n) is 11.0. The molecule has 1 heterocycles. The highest BCUT2D eigenvalue weighted by atomic mass is 16.5. The van der Waals surface area contributed by atoms with E-state index in [1.165, 1.54) is 0 Å². The molecule has 0 amide bonds. The van der Waals surface area contributed by atoms with Crippen molar-refractivity contribution in [1.29, 1.82) is 0 Å². The summed E-state index contributed by atoms with van der Waals surface area (Å²) in [6, 6.07) is 5.75. The van der Waals surface area contributed by atoms with Crippen LogP contribution < -0.4 is 4.74 Å². The van der Waals surface area contributed by atoms with Gasteiger partial charge in [0, 0.05) is 18.2 Å². The normalized spacial score (nSPS) is 19.5.